The molecule has 3 heterocycles. The van der Waals surface area contributed by atoms with Gasteiger partial charge in [-0.1, -0.05) is 12.5 Å². The van der Waals surface area contributed by atoms with E-state index >= 15 is 0 Å². The van der Waals surface area contributed by atoms with Crippen molar-refractivity contribution in [3.8, 4) is 11.3 Å². The Morgan fingerprint density at radius 3 is 2.81 bits per heavy atom. The lowest BCUT2D eigenvalue weighted by Crippen LogP contribution is -2.12. The van der Waals surface area contributed by atoms with E-state index in [1.807, 2.05) is 18.2 Å². The zero-order chi connectivity index (χ0) is 22.1. The largest absolute Gasteiger partial charge is 0.441 e. The second-order valence-electron chi connectivity index (χ2n) is 7.96. The van der Waals surface area contributed by atoms with Crippen LogP contribution in [0.4, 0.5) is 14.5 Å². The molecule has 0 saturated heterocycles. The number of oxazole rings is 1. The van der Waals surface area contributed by atoms with Gasteiger partial charge in [0, 0.05) is 31.5 Å². The highest BCUT2D eigenvalue weighted by Crippen LogP contribution is 2.27. The molecule has 0 fully saturated rings. The van der Waals surface area contributed by atoms with E-state index in [-0.39, 0.29) is 36.0 Å². The summed E-state index contributed by atoms with van der Waals surface area (Å²) in [5.41, 5.74) is 2.39. The number of carbonyl (C=O) groups is 1. The number of hydrogen-bond acceptors (Lipinski definition) is 4. The summed E-state index contributed by atoms with van der Waals surface area (Å²) < 4.78 is 35.6. The quantitative estimate of drug-likeness (QED) is 0.463. The van der Waals surface area contributed by atoms with Gasteiger partial charge >= 0.3 is 0 Å². The molecule has 32 heavy (non-hydrogen) atoms. The van der Waals surface area contributed by atoms with Crippen LogP contribution in [-0.4, -0.2) is 20.4 Å². The second-order valence-corrected chi connectivity index (χ2v) is 7.96. The molecule has 6 nitrogen and oxygen atoms in total. The van der Waals surface area contributed by atoms with Gasteiger partial charge in [-0.15, -0.1) is 0 Å². The number of nitrogens with one attached hydrogen (secondary N) is 1. The minimum absolute atomic E-state index is 0.000934. The molecule has 0 spiro atoms. The number of anilines is 1. The van der Waals surface area contributed by atoms with Crippen molar-refractivity contribution < 1.29 is 18.0 Å². The minimum atomic E-state index is -0.725. The van der Waals surface area contributed by atoms with Crippen LogP contribution >= 0.6 is 0 Å². The van der Waals surface area contributed by atoms with Gasteiger partial charge in [0.05, 0.1) is 22.8 Å². The summed E-state index contributed by atoms with van der Waals surface area (Å²) in [4.78, 5) is 21.2. The first kappa shape index (κ1) is 20.4. The number of fused-ring (bicyclic) bond motifs is 3. The summed E-state index contributed by atoms with van der Waals surface area (Å²) >= 11 is 0. The number of nitrogens with zero attached hydrogens (tertiary/aromatic N) is 3. The predicted molar refractivity (Wildman–Crippen MR) is 116 cm³/mol. The van der Waals surface area contributed by atoms with Crippen molar-refractivity contribution in [2.75, 3.05) is 5.32 Å². The molecule has 0 unspecified atom stereocenters. The van der Waals surface area contributed by atoms with Crippen LogP contribution in [0, 0.1) is 11.6 Å². The van der Waals surface area contributed by atoms with E-state index in [9.17, 15) is 13.6 Å². The van der Waals surface area contributed by atoms with Crippen molar-refractivity contribution in [2.45, 2.75) is 45.1 Å². The zero-order valence-electron chi connectivity index (χ0n) is 17.4. The van der Waals surface area contributed by atoms with E-state index in [1.165, 1.54) is 18.7 Å². The van der Waals surface area contributed by atoms with Crippen LogP contribution < -0.4 is 5.32 Å². The highest BCUT2D eigenvalue weighted by atomic mass is 19.1. The Labute approximate surface area is 183 Å². The van der Waals surface area contributed by atoms with Gasteiger partial charge in [0.1, 0.15) is 17.5 Å². The Kier molecular flexibility index (Phi) is 5.43. The maximum Gasteiger partial charge on any atom is 0.224 e. The Bertz CT molecular complexity index is 1270. The second kappa shape index (κ2) is 8.53. The number of carbonyl (C=O) groups excluding carboxylic acids is 1. The smallest absolute Gasteiger partial charge is 0.224 e. The van der Waals surface area contributed by atoms with Crippen LogP contribution in [-0.2, 0) is 24.2 Å². The molecule has 0 bridgehead atoms. The molecular formula is C24H22F2N4O2. The fourth-order valence-corrected chi connectivity index (χ4v) is 4.15. The Hall–Kier alpha value is -3.55. The van der Waals surface area contributed by atoms with E-state index < -0.39 is 11.6 Å². The number of aryl methyl sites for hydroxylation is 3. The number of hydrogen-bond donors (Lipinski definition) is 1. The Morgan fingerprint density at radius 1 is 1.12 bits per heavy atom. The van der Waals surface area contributed by atoms with Crippen LogP contribution in [0.2, 0.25) is 0 Å². The van der Waals surface area contributed by atoms with Crippen molar-refractivity contribution >= 4 is 22.6 Å². The maximum absolute atomic E-state index is 13.9. The lowest BCUT2D eigenvalue weighted by molar-refractivity contribution is -0.116. The number of rotatable bonds is 5. The van der Waals surface area contributed by atoms with Gasteiger partial charge in [0.25, 0.3) is 0 Å². The average Bonchev–Trinajstić information content (AvgIpc) is 3.29. The fourth-order valence-electron chi connectivity index (χ4n) is 4.15. The minimum Gasteiger partial charge on any atom is -0.441 e. The van der Waals surface area contributed by atoms with Crippen LogP contribution in [0.1, 0.15) is 37.4 Å². The summed E-state index contributed by atoms with van der Waals surface area (Å²) in [6.45, 7) is 0.979. The third kappa shape index (κ3) is 4.00. The van der Waals surface area contributed by atoms with E-state index in [2.05, 4.69) is 14.9 Å². The topological polar surface area (TPSA) is 73.0 Å². The van der Waals surface area contributed by atoms with E-state index in [4.69, 9.17) is 9.40 Å². The first-order valence-electron chi connectivity index (χ1n) is 10.8. The van der Waals surface area contributed by atoms with Crippen LogP contribution in [0.5, 0.6) is 0 Å². The molecular weight excluding hydrogens is 414 g/mol. The molecule has 1 amide bonds. The summed E-state index contributed by atoms with van der Waals surface area (Å²) in [5.74, 6) is -0.309. The lowest BCUT2D eigenvalue weighted by Gasteiger charge is -2.06. The molecule has 5 rings (SSSR count). The van der Waals surface area contributed by atoms with Crippen LogP contribution in [0.3, 0.4) is 0 Å². The third-order valence-corrected chi connectivity index (χ3v) is 5.72. The molecule has 2 aromatic carbocycles. The Balaban J connectivity index is 1.24. The highest BCUT2D eigenvalue weighted by Gasteiger charge is 2.17. The van der Waals surface area contributed by atoms with E-state index in [0.717, 1.165) is 54.8 Å². The first-order valence-corrected chi connectivity index (χ1v) is 10.8. The number of benzene rings is 2. The number of aromatic nitrogens is 3. The average molecular weight is 436 g/mol. The molecule has 1 aliphatic rings. The van der Waals surface area contributed by atoms with E-state index in [1.54, 1.807) is 0 Å². The molecule has 2 aromatic heterocycles. The monoisotopic (exact) mass is 436 g/mol. The van der Waals surface area contributed by atoms with Gasteiger partial charge in [-0.2, -0.15) is 0 Å². The SMILES string of the molecule is O=C(CCc1ncc(-c2c(F)cccc2F)o1)Nc1ccc2c(c1)nc1n2CCCCC1. The van der Waals surface area contributed by atoms with Crippen molar-refractivity contribution in [1.29, 1.82) is 0 Å². The fraction of sp³-hybridized carbons (Fsp3) is 0.292. The number of halogens is 2. The molecule has 0 radical (unpaired) electrons. The van der Waals surface area contributed by atoms with E-state index in [0.29, 0.717) is 5.69 Å². The highest BCUT2D eigenvalue weighted by molar-refractivity contribution is 5.93. The molecule has 1 aliphatic heterocycles. The normalized spacial score (nSPS) is 13.7. The summed E-state index contributed by atoms with van der Waals surface area (Å²) in [7, 11) is 0. The summed E-state index contributed by atoms with van der Waals surface area (Å²) in [6.07, 6.45) is 6.11. The van der Waals surface area contributed by atoms with Gasteiger partial charge < -0.3 is 14.3 Å². The van der Waals surface area contributed by atoms with Crippen molar-refractivity contribution in [3.63, 3.8) is 0 Å². The van der Waals surface area contributed by atoms with Crippen LogP contribution in [0.25, 0.3) is 22.4 Å². The third-order valence-electron chi connectivity index (χ3n) is 5.72. The summed E-state index contributed by atoms with van der Waals surface area (Å²) in [6, 6.07) is 9.36. The van der Waals surface area contributed by atoms with Crippen molar-refractivity contribution in [1.82, 2.24) is 14.5 Å². The maximum atomic E-state index is 13.9. The standard InChI is InChI=1S/C24H22F2N4O2/c25-16-5-4-6-17(26)24(16)20-14-27-23(32-20)11-10-22(31)28-15-8-9-19-18(13-15)29-21-7-2-1-3-12-30(19)21/h4-6,8-9,13-14H,1-3,7,10-12H2,(H,28,31). The van der Waals surface area contributed by atoms with Gasteiger partial charge in [-0.05, 0) is 43.2 Å². The van der Waals surface area contributed by atoms with Gasteiger partial charge in [0.15, 0.2) is 11.7 Å². The molecule has 4 aromatic rings. The molecule has 1 N–H and O–H groups in total. The lowest BCUT2D eigenvalue weighted by atomic mass is 10.1. The molecule has 0 saturated carbocycles. The molecule has 164 valence electrons. The zero-order valence-corrected chi connectivity index (χ0v) is 17.4. The number of amides is 1. The molecule has 0 aliphatic carbocycles. The number of imidazole rings is 1. The first-order chi connectivity index (χ1) is 15.6. The molecule has 8 heteroatoms. The van der Waals surface area contributed by atoms with Gasteiger partial charge in [-0.25, -0.2) is 18.7 Å². The molecule has 0 atom stereocenters. The summed E-state index contributed by atoms with van der Waals surface area (Å²) in [5, 5.41) is 2.88. The Morgan fingerprint density at radius 2 is 1.97 bits per heavy atom. The van der Waals surface area contributed by atoms with Crippen LogP contribution in [0.15, 0.2) is 47.0 Å². The predicted octanol–water partition coefficient (Wildman–Crippen LogP) is 5.27. The van der Waals surface area contributed by atoms with Gasteiger partial charge in [0.2, 0.25) is 5.91 Å². The van der Waals surface area contributed by atoms with Crippen molar-refractivity contribution in [2.24, 2.45) is 0 Å². The van der Waals surface area contributed by atoms with Gasteiger partial charge in [-0.3, -0.25) is 4.79 Å². The van der Waals surface area contributed by atoms with Crippen molar-refractivity contribution in [3.05, 3.63) is 65.9 Å².